The van der Waals surface area contributed by atoms with Crippen molar-refractivity contribution >= 4 is 34.0 Å². The van der Waals surface area contributed by atoms with Crippen LogP contribution in [0, 0.1) is 11.8 Å². The van der Waals surface area contributed by atoms with E-state index >= 15 is 0 Å². The molecule has 6 rings (SSSR count). The number of aryl methyl sites for hydroxylation is 2. The fourth-order valence-corrected chi connectivity index (χ4v) is 6.16. The standard InChI is InChI=1S/C23H25F6N7OS/c1-34-17(6-15(32-34)19(24)25)30-21-33-35(9-12-7-22(12,26)27)10-36(21)13-2-3-16-11(4-13)5-18(38-16)31-20(37)14-8-23(14,28)29/h5-6,12-14,19H,2-4,7-10H2,1H3,(H,30,33)(H,31,37)/t12?,13-,14?/m0/s1. The highest BCUT2D eigenvalue weighted by atomic mass is 32.1. The average Bonchev–Trinajstić information content (AvgIpc) is 3.36. The van der Waals surface area contributed by atoms with E-state index in [2.05, 4.69) is 20.8 Å². The number of hydrogen-bond acceptors (Lipinski definition) is 5. The number of fused-ring (bicyclic) bond motifs is 1. The lowest BCUT2D eigenvalue weighted by Crippen LogP contribution is -2.42. The molecular weight excluding hydrogens is 536 g/mol. The Bertz CT molecular complexity index is 1290. The molecule has 1 aliphatic heterocycles. The molecule has 38 heavy (non-hydrogen) atoms. The molecule has 2 aromatic heterocycles. The Morgan fingerprint density at radius 1 is 1.26 bits per heavy atom. The van der Waals surface area contributed by atoms with Crippen molar-refractivity contribution in [2.24, 2.45) is 23.9 Å². The van der Waals surface area contributed by atoms with Gasteiger partial charge in [-0.1, -0.05) is 0 Å². The van der Waals surface area contributed by atoms with Crippen LogP contribution in [0.4, 0.5) is 37.2 Å². The number of carbonyl (C=O) groups is 1. The number of guanidine groups is 1. The first-order chi connectivity index (χ1) is 17.9. The number of thiophene rings is 1. The van der Waals surface area contributed by atoms with E-state index in [0.717, 1.165) is 10.4 Å². The van der Waals surface area contributed by atoms with E-state index in [1.165, 1.54) is 29.1 Å². The maximum absolute atomic E-state index is 13.6. The molecule has 0 radical (unpaired) electrons. The highest BCUT2D eigenvalue weighted by molar-refractivity contribution is 7.16. The zero-order valence-corrected chi connectivity index (χ0v) is 21.1. The first-order valence-electron chi connectivity index (χ1n) is 12.3. The summed E-state index contributed by atoms with van der Waals surface area (Å²) in [5, 5.41) is 8.56. The summed E-state index contributed by atoms with van der Waals surface area (Å²) in [5.74, 6) is -7.82. The number of aromatic nitrogens is 2. The average molecular weight is 562 g/mol. The minimum absolute atomic E-state index is 0.0906. The molecule has 8 nitrogen and oxygen atoms in total. The fraction of sp³-hybridized carbons (Fsp3) is 0.609. The third-order valence-electron chi connectivity index (χ3n) is 7.45. The van der Waals surface area contributed by atoms with Crippen LogP contribution in [0.3, 0.4) is 0 Å². The van der Waals surface area contributed by atoms with E-state index in [1.807, 2.05) is 4.90 Å². The second kappa shape index (κ2) is 8.86. The lowest BCUT2D eigenvalue weighted by atomic mass is 9.93. The van der Waals surface area contributed by atoms with Crippen LogP contribution in [0.15, 0.2) is 17.1 Å². The Balaban J connectivity index is 1.20. The number of hydrogen-bond donors (Lipinski definition) is 2. The number of hydrazine groups is 1. The van der Waals surface area contributed by atoms with Crippen LogP contribution in [-0.4, -0.2) is 62.7 Å². The highest BCUT2D eigenvalue weighted by Crippen LogP contribution is 2.50. The predicted molar refractivity (Wildman–Crippen MR) is 127 cm³/mol. The Morgan fingerprint density at radius 2 is 2.00 bits per heavy atom. The molecule has 2 aromatic rings. The number of nitrogens with one attached hydrogen (secondary N) is 2. The summed E-state index contributed by atoms with van der Waals surface area (Å²) in [6.07, 6.45) is -1.44. The third kappa shape index (κ3) is 4.85. The molecule has 3 heterocycles. The fourth-order valence-electron chi connectivity index (χ4n) is 5.04. The van der Waals surface area contributed by atoms with Gasteiger partial charge in [-0.2, -0.15) is 10.1 Å². The molecule has 2 saturated carbocycles. The van der Waals surface area contributed by atoms with Crippen molar-refractivity contribution < 1.29 is 31.1 Å². The smallest absolute Gasteiger partial charge is 0.282 e. The molecule has 2 unspecified atom stereocenters. The van der Waals surface area contributed by atoms with Gasteiger partial charge in [0.25, 0.3) is 18.3 Å². The molecule has 0 bridgehead atoms. The number of anilines is 1. The van der Waals surface area contributed by atoms with E-state index in [0.29, 0.717) is 30.2 Å². The van der Waals surface area contributed by atoms with Gasteiger partial charge in [-0.15, -0.1) is 11.3 Å². The van der Waals surface area contributed by atoms with Crippen molar-refractivity contribution in [3.63, 3.8) is 0 Å². The zero-order chi connectivity index (χ0) is 27.0. The molecule has 1 saturated heterocycles. The van der Waals surface area contributed by atoms with Gasteiger partial charge in [-0.3, -0.25) is 14.9 Å². The van der Waals surface area contributed by atoms with Crippen molar-refractivity contribution in [3.8, 4) is 0 Å². The van der Waals surface area contributed by atoms with Crippen molar-refractivity contribution in [1.82, 2.24) is 25.1 Å². The number of alkyl halides is 6. The van der Waals surface area contributed by atoms with Gasteiger partial charge in [0.15, 0.2) is 5.82 Å². The Labute approximate surface area is 217 Å². The molecule has 2 N–H and O–H groups in total. The number of halogens is 6. The van der Waals surface area contributed by atoms with Gasteiger partial charge in [0.05, 0.1) is 11.7 Å². The van der Waals surface area contributed by atoms with Crippen LogP contribution in [0.5, 0.6) is 0 Å². The molecule has 0 spiro atoms. The maximum Gasteiger partial charge on any atom is 0.282 e. The number of nitrogens with zero attached hydrogens (tertiary/aromatic N) is 5. The van der Waals surface area contributed by atoms with E-state index in [9.17, 15) is 31.1 Å². The molecule has 0 aromatic carbocycles. The first kappa shape index (κ1) is 25.5. The van der Waals surface area contributed by atoms with Gasteiger partial charge in [-0.05, 0) is 30.9 Å². The maximum atomic E-state index is 13.6. The monoisotopic (exact) mass is 561 g/mol. The highest BCUT2D eigenvalue weighted by Gasteiger charge is 2.61. The van der Waals surface area contributed by atoms with Gasteiger partial charge in [0.2, 0.25) is 11.9 Å². The molecule has 3 atom stereocenters. The largest absolute Gasteiger partial charge is 0.324 e. The topological polar surface area (TPSA) is 77.8 Å². The summed E-state index contributed by atoms with van der Waals surface area (Å²) in [4.78, 5) is 19.6. The van der Waals surface area contributed by atoms with Crippen molar-refractivity contribution in [3.05, 3.63) is 28.3 Å². The summed E-state index contributed by atoms with van der Waals surface area (Å²) in [5.41, 5.74) is 3.62. The van der Waals surface area contributed by atoms with Gasteiger partial charge >= 0.3 is 0 Å². The van der Waals surface area contributed by atoms with Crippen LogP contribution in [0.1, 0.15) is 41.8 Å². The zero-order valence-electron chi connectivity index (χ0n) is 20.2. The summed E-state index contributed by atoms with van der Waals surface area (Å²) in [6, 6.07) is 2.89. The quantitative estimate of drug-likeness (QED) is 0.494. The second-order valence-electron chi connectivity index (χ2n) is 10.4. The van der Waals surface area contributed by atoms with E-state index in [-0.39, 0.29) is 31.5 Å². The van der Waals surface area contributed by atoms with Crippen LogP contribution >= 0.6 is 11.3 Å². The minimum Gasteiger partial charge on any atom is -0.324 e. The van der Waals surface area contributed by atoms with E-state index in [1.54, 1.807) is 11.1 Å². The van der Waals surface area contributed by atoms with Crippen LogP contribution < -0.4 is 10.7 Å². The minimum atomic E-state index is -2.94. The SMILES string of the molecule is Cn1nc(C(F)F)cc1N=C1NN(CC2CC2(F)F)CN1[C@H]1CCc2sc(NC(=O)C3CC3(F)F)cc2C1. The van der Waals surface area contributed by atoms with Gasteiger partial charge < -0.3 is 10.2 Å². The predicted octanol–water partition coefficient (Wildman–Crippen LogP) is 4.29. The second-order valence-corrected chi connectivity index (χ2v) is 11.5. The van der Waals surface area contributed by atoms with Crippen LogP contribution in [-0.2, 0) is 24.7 Å². The summed E-state index contributed by atoms with van der Waals surface area (Å²) in [6.45, 7) is 0.379. The van der Waals surface area contributed by atoms with Crippen LogP contribution in [0.25, 0.3) is 0 Å². The summed E-state index contributed by atoms with van der Waals surface area (Å²) >= 11 is 1.36. The lowest BCUT2D eigenvalue weighted by molar-refractivity contribution is -0.119. The molecule has 3 fully saturated rings. The van der Waals surface area contributed by atoms with E-state index in [4.69, 9.17) is 0 Å². The Hall–Kier alpha value is -2.81. The molecule has 206 valence electrons. The van der Waals surface area contributed by atoms with Crippen molar-refractivity contribution in [2.45, 2.75) is 56.4 Å². The Kier molecular flexibility index (Phi) is 5.94. The number of carbonyl (C=O) groups excluding carboxylic acids is 1. The molecule has 4 aliphatic rings. The normalized spacial score (nSPS) is 28.5. The molecular formula is C23H25F6N7OS. The number of rotatable bonds is 7. The summed E-state index contributed by atoms with van der Waals surface area (Å²) in [7, 11) is 1.50. The molecule has 3 aliphatic carbocycles. The van der Waals surface area contributed by atoms with Crippen molar-refractivity contribution in [1.29, 1.82) is 0 Å². The van der Waals surface area contributed by atoms with Crippen molar-refractivity contribution in [2.75, 3.05) is 18.5 Å². The third-order valence-corrected chi connectivity index (χ3v) is 8.61. The van der Waals surface area contributed by atoms with Gasteiger partial charge in [0.1, 0.15) is 11.6 Å². The first-order valence-corrected chi connectivity index (χ1v) is 13.1. The number of amides is 1. The molecule has 1 amide bonds. The number of aliphatic imine (C=N–C) groups is 1. The Morgan fingerprint density at radius 3 is 2.63 bits per heavy atom. The van der Waals surface area contributed by atoms with Crippen LogP contribution in [0.2, 0.25) is 0 Å². The molecule has 15 heteroatoms. The van der Waals surface area contributed by atoms with Gasteiger partial charge in [0, 0.05) is 49.3 Å². The van der Waals surface area contributed by atoms with E-state index < -0.39 is 48.1 Å². The lowest BCUT2D eigenvalue weighted by Gasteiger charge is -2.31. The van der Waals surface area contributed by atoms with Gasteiger partial charge in [-0.25, -0.2) is 31.4 Å². The summed E-state index contributed by atoms with van der Waals surface area (Å²) < 4.78 is 81.2.